The molecule has 0 bridgehead atoms. The molecule has 0 atom stereocenters. The van der Waals surface area contributed by atoms with Crippen molar-refractivity contribution in [2.24, 2.45) is 0 Å². The second-order valence-corrected chi connectivity index (χ2v) is 20.9. The second kappa shape index (κ2) is 14.4. The van der Waals surface area contributed by atoms with Crippen molar-refractivity contribution in [1.82, 2.24) is 0 Å². The van der Waals surface area contributed by atoms with Gasteiger partial charge in [0.2, 0.25) is 0 Å². The molecule has 59 heavy (non-hydrogen) atoms. The van der Waals surface area contributed by atoms with Crippen LogP contribution in [0.15, 0.2) is 109 Å². The highest BCUT2D eigenvalue weighted by molar-refractivity contribution is 5.87. The number of benzene rings is 6. The van der Waals surface area contributed by atoms with Crippen LogP contribution in [0.25, 0.3) is 11.1 Å². The molecule has 4 N–H and O–H groups in total. The van der Waals surface area contributed by atoms with Gasteiger partial charge in [0.1, 0.15) is 23.0 Å². The molecular weight excluding hydrogens is 721 g/mol. The van der Waals surface area contributed by atoms with Gasteiger partial charge in [-0.15, -0.1) is 0 Å². The average Bonchev–Trinajstić information content (AvgIpc) is 3.43. The Balaban J connectivity index is 1.65. The summed E-state index contributed by atoms with van der Waals surface area (Å²) in [5.41, 5.74) is 26.2. The number of rotatable bonds is 6. The van der Waals surface area contributed by atoms with Gasteiger partial charge >= 0.3 is 0 Å². The van der Waals surface area contributed by atoms with E-state index in [4.69, 9.17) is 20.9 Å². The molecule has 0 saturated carbocycles. The maximum atomic E-state index is 7.11. The third kappa shape index (κ3) is 7.41. The lowest BCUT2D eigenvalue weighted by molar-refractivity contribution is 0.428. The Kier molecular flexibility index (Phi) is 10.1. The SMILES string of the molecule is Cc1cc(N)ccc1Oc1c(C(C)(C)C)cc(C2(c3cc(C(C)(C)C)c(Oc4ccc(N)cc4C)c(C(C)(C)C)c3)c3ccccc3-c3ccccc32)cc1C(C)(C)C. The van der Waals surface area contributed by atoms with E-state index in [9.17, 15) is 0 Å². The van der Waals surface area contributed by atoms with E-state index >= 15 is 0 Å². The molecule has 0 aromatic heterocycles. The zero-order valence-electron chi connectivity index (χ0n) is 37.9. The largest absolute Gasteiger partial charge is 0.456 e. The lowest BCUT2D eigenvalue weighted by Gasteiger charge is -2.40. The zero-order chi connectivity index (χ0) is 43.0. The lowest BCUT2D eigenvalue weighted by atomic mass is 9.63. The van der Waals surface area contributed by atoms with Gasteiger partial charge in [0.05, 0.1) is 5.41 Å². The van der Waals surface area contributed by atoms with Crippen molar-refractivity contribution in [3.63, 3.8) is 0 Å². The molecule has 1 aliphatic rings. The van der Waals surface area contributed by atoms with E-state index in [0.29, 0.717) is 0 Å². The molecule has 0 spiro atoms. The Morgan fingerprint density at radius 1 is 0.407 bits per heavy atom. The number of ether oxygens (including phenoxy) is 2. The lowest BCUT2D eigenvalue weighted by Crippen LogP contribution is -2.32. The molecule has 6 aromatic carbocycles. The first kappa shape index (κ1) is 41.7. The quantitative estimate of drug-likeness (QED) is 0.165. The minimum absolute atomic E-state index is 0.270. The number of fused-ring (bicyclic) bond motifs is 3. The van der Waals surface area contributed by atoms with Gasteiger partial charge in [-0.1, -0.05) is 132 Å². The molecule has 0 radical (unpaired) electrons. The minimum atomic E-state index is -0.682. The topological polar surface area (TPSA) is 70.5 Å². The fourth-order valence-corrected chi connectivity index (χ4v) is 8.96. The molecule has 0 heterocycles. The summed E-state index contributed by atoms with van der Waals surface area (Å²) in [4.78, 5) is 0. The molecule has 0 aliphatic heterocycles. The highest BCUT2D eigenvalue weighted by Gasteiger charge is 2.48. The molecule has 0 unspecified atom stereocenters. The first-order chi connectivity index (χ1) is 27.4. The van der Waals surface area contributed by atoms with Crippen LogP contribution < -0.4 is 20.9 Å². The van der Waals surface area contributed by atoms with Crippen LogP contribution in [0.1, 0.15) is 139 Å². The first-order valence-corrected chi connectivity index (χ1v) is 21.1. The van der Waals surface area contributed by atoms with Gasteiger partial charge in [-0.05, 0) is 141 Å². The van der Waals surface area contributed by atoms with E-state index in [2.05, 4.69) is 170 Å². The van der Waals surface area contributed by atoms with Gasteiger partial charge in [0, 0.05) is 33.6 Å². The standard InChI is InChI=1S/C55H64N2O2/c1-33-27-37(56)23-25-47(33)58-49-43(51(3,4)5)29-35(30-44(49)52(6,7)8)55(41-21-17-15-19-39(41)40-20-16-18-22-42(40)55)36-31-45(53(9,10)11)50(46(32-36)54(12,13)14)59-48-26-24-38(57)28-34(48)2/h15-32H,56-57H2,1-14H3. The van der Waals surface area contributed by atoms with Crippen molar-refractivity contribution in [1.29, 1.82) is 0 Å². The normalized spacial score (nSPS) is 13.9. The summed E-state index contributed by atoms with van der Waals surface area (Å²) in [6.45, 7) is 31.7. The second-order valence-electron chi connectivity index (χ2n) is 20.9. The van der Waals surface area contributed by atoms with Crippen molar-refractivity contribution >= 4 is 11.4 Å². The number of nitrogen functional groups attached to an aromatic ring is 2. The maximum absolute atomic E-state index is 7.11. The molecule has 4 nitrogen and oxygen atoms in total. The minimum Gasteiger partial charge on any atom is -0.456 e. The maximum Gasteiger partial charge on any atom is 0.134 e. The molecule has 306 valence electrons. The van der Waals surface area contributed by atoms with Crippen LogP contribution in [0.3, 0.4) is 0 Å². The summed E-state index contributed by atoms with van der Waals surface area (Å²) in [5, 5.41) is 0. The molecule has 0 saturated heterocycles. The van der Waals surface area contributed by atoms with E-state index < -0.39 is 5.41 Å². The van der Waals surface area contributed by atoms with Crippen molar-refractivity contribution in [3.8, 4) is 34.1 Å². The first-order valence-electron chi connectivity index (χ1n) is 21.1. The zero-order valence-corrected chi connectivity index (χ0v) is 37.9. The van der Waals surface area contributed by atoms with Gasteiger partial charge in [0.25, 0.3) is 0 Å². The summed E-state index contributed by atoms with van der Waals surface area (Å²) < 4.78 is 14.2. The molecular formula is C55H64N2O2. The van der Waals surface area contributed by atoms with E-state index in [-0.39, 0.29) is 21.7 Å². The summed E-state index contributed by atoms with van der Waals surface area (Å²) in [6.07, 6.45) is 0. The fourth-order valence-electron chi connectivity index (χ4n) is 8.96. The van der Waals surface area contributed by atoms with Crippen LogP contribution in [-0.4, -0.2) is 0 Å². The van der Waals surface area contributed by atoms with Gasteiger partial charge in [0.15, 0.2) is 0 Å². The molecule has 1 aliphatic carbocycles. The van der Waals surface area contributed by atoms with Crippen LogP contribution in [0.5, 0.6) is 23.0 Å². The number of hydrogen-bond acceptors (Lipinski definition) is 4. The number of hydrogen-bond donors (Lipinski definition) is 2. The number of anilines is 2. The van der Waals surface area contributed by atoms with Crippen molar-refractivity contribution in [2.75, 3.05) is 11.5 Å². The predicted molar refractivity (Wildman–Crippen MR) is 250 cm³/mol. The highest BCUT2D eigenvalue weighted by atomic mass is 16.5. The Hall–Kier alpha value is -5.48. The molecule has 6 aromatic rings. The Bertz CT molecular complexity index is 2330. The molecule has 0 fully saturated rings. The Labute approximate surface area is 354 Å². The summed E-state index contributed by atoms with van der Waals surface area (Å²) in [5.74, 6) is 3.44. The molecule has 0 amide bonds. The van der Waals surface area contributed by atoms with Crippen LogP contribution in [-0.2, 0) is 27.1 Å². The number of aryl methyl sites for hydroxylation is 2. The number of nitrogens with two attached hydrogens (primary N) is 2. The van der Waals surface area contributed by atoms with Crippen molar-refractivity contribution < 1.29 is 9.47 Å². The van der Waals surface area contributed by atoms with E-state index in [1.165, 1.54) is 33.4 Å². The van der Waals surface area contributed by atoms with Gasteiger partial charge in [-0.2, -0.15) is 0 Å². The highest BCUT2D eigenvalue weighted by Crippen LogP contribution is 2.59. The molecule has 4 heteroatoms. The van der Waals surface area contributed by atoms with Crippen LogP contribution in [0.2, 0.25) is 0 Å². The summed E-state index contributed by atoms with van der Waals surface area (Å²) in [7, 11) is 0. The summed E-state index contributed by atoms with van der Waals surface area (Å²) in [6, 6.07) is 39.7. The average molecular weight is 785 g/mol. The third-order valence-electron chi connectivity index (χ3n) is 12.1. The Morgan fingerprint density at radius 2 is 0.712 bits per heavy atom. The van der Waals surface area contributed by atoms with Crippen molar-refractivity contribution in [3.05, 3.63) is 165 Å². The van der Waals surface area contributed by atoms with E-state index in [1.807, 2.05) is 36.4 Å². The third-order valence-corrected chi connectivity index (χ3v) is 12.1. The van der Waals surface area contributed by atoms with E-state index in [1.54, 1.807) is 0 Å². The van der Waals surface area contributed by atoms with Crippen molar-refractivity contribution in [2.45, 2.75) is 124 Å². The molecule has 7 rings (SSSR count). The van der Waals surface area contributed by atoms with Gasteiger partial charge in [-0.25, -0.2) is 0 Å². The smallest absolute Gasteiger partial charge is 0.134 e. The monoisotopic (exact) mass is 784 g/mol. The van der Waals surface area contributed by atoms with Gasteiger partial charge < -0.3 is 20.9 Å². The predicted octanol–water partition coefficient (Wildman–Crippen LogP) is 14.6. The van der Waals surface area contributed by atoms with E-state index in [0.717, 1.165) is 67.8 Å². The summed E-state index contributed by atoms with van der Waals surface area (Å²) >= 11 is 0. The van der Waals surface area contributed by atoms with Crippen LogP contribution >= 0.6 is 0 Å². The van der Waals surface area contributed by atoms with Crippen LogP contribution in [0.4, 0.5) is 11.4 Å². The Morgan fingerprint density at radius 3 is 1.00 bits per heavy atom. The fraction of sp³-hybridized carbons (Fsp3) is 0.345. The van der Waals surface area contributed by atoms with Crippen LogP contribution in [0, 0.1) is 13.8 Å². The van der Waals surface area contributed by atoms with Gasteiger partial charge in [-0.3, -0.25) is 0 Å².